The number of halogens is 1. The summed E-state index contributed by atoms with van der Waals surface area (Å²) < 4.78 is 5.21. The summed E-state index contributed by atoms with van der Waals surface area (Å²) in [4.78, 5) is 10.1. The zero-order valence-electron chi connectivity index (χ0n) is 13.8. The van der Waals surface area contributed by atoms with Gasteiger partial charge in [-0.2, -0.15) is 0 Å². The molecule has 1 N–H and O–H groups in total. The third-order valence-electron chi connectivity index (χ3n) is 3.65. The van der Waals surface area contributed by atoms with Crippen LogP contribution in [-0.4, -0.2) is 26.1 Å². The fourth-order valence-corrected chi connectivity index (χ4v) is 2.45. The molecule has 5 heteroatoms. The standard InChI is InChI=1S/C18H23ClN2O2/c1-18(2,14-7-5-4-6-8-14)13-20-17-12-15(19)11-16(22-3)9-10-23-21-17/h4-9,11H,10,12-13H2,1-3H3,(H,20,21)/b15-11+,16-9+. The predicted molar refractivity (Wildman–Crippen MR) is 94.5 cm³/mol. The zero-order chi connectivity index (χ0) is 16.7. The molecule has 124 valence electrons. The lowest BCUT2D eigenvalue weighted by molar-refractivity contribution is 0.107. The van der Waals surface area contributed by atoms with E-state index in [2.05, 4.69) is 36.5 Å². The SMILES string of the molecule is COC1=C/CONC(=NCC(C)(C)c2ccccc2)C/C(Cl)=C\1. The lowest BCUT2D eigenvalue weighted by Crippen LogP contribution is -2.28. The maximum absolute atomic E-state index is 6.27. The number of benzene rings is 1. The monoisotopic (exact) mass is 334 g/mol. The lowest BCUT2D eigenvalue weighted by Gasteiger charge is -2.23. The molecule has 23 heavy (non-hydrogen) atoms. The van der Waals surface area contributed by atoms with Gasteiger partial charge >= 0.3 is 0 Å². The fraction of sp³-hybridized carbons (Fsp3) is 0.389. The van der Waals surface area contributed by atoms with E-state index in [9.17, 15) is 0 Å². The van der Waals surface area contributed by atoms with Crippen LogP contribution in [0.5, 0.6) is 0 Å². The number of amidine groups is 1. The third-order valence-corrected chi connectivity index (χ3v) is 3.89. The van der Waals surface area contributed by atoms with Crippen LogP contribution in [0.25, 0.3) is 0 Å². The molecule has 0 aromatic heterocycles. The summed E-state index contributed by atoms with van der Waals surface area (Å²) >= 11 is 6.27. The molecule has 0 aliphatic carbocycles. The molecule has 2 rings (SSSR count). The van der Waals surface area contributed by atoms with Crippen LogP contribution in [0.1, 0.15) is 25.8 Å². The van der Waals surface area contributed by atoms with Crippen LogP contribution < -0.4 is 5.48 Å². The Kier molecular flexibility index (Phi) is 6.25. The molecule has 1 aliphatic rings. The number of ether oxygens (including phenoxy) is 1. The molecule has 0 saturated heterocycles. The number of hydrogen-bond donors (Lipinski definition) is 1. The molecule has 0 amide bonds. The summed E-state index contributed by atoms with van der Waals surface area (Å²) in [6.07, 6.45) is 4.08. The van der Waals surface area contributed by atoms with Crippen molar-refractivity contribution in [2.75, 3.05) is 20.3 Å². The highest BCUT2D eigenvalue weighted by Gasteiger charge is 2.20. The first kappa shape index (κ1) is 17.6. The topological polar surface area (TPSA) is 42.9 Å². The van der Waals surface area contributed by atoms with E-state index >= 15 is 0 Å². The van der Waals surface area contributed by atoms with Gasteiger partial charge in [0.2, 0.25) is 0 Å². The Bertz CT molecular complexity index is 607. The van der Waals surface area contributed by atoms with Crippen molar-refractivity contribution in [2.45, 2.75) is 25.7 Å². The highest BCUT2D eigenvalue weighted by Crippen LogP contribution is 2.23. The molecule has 0 unspecified atom stereocenters. The maximum atomic E-state index is 6.27. The quantitative estimate of drug-likeness (QED) is 0.906. The third kappa shape index (κ3) is 5.41. The second-order valence-corrected chi connectivity index (χ2v) is 6.49. The van der Waals surface area contributed by atoms with E-state index in [0.29, 0.717) is 36.2 Å². The van der Waals surface area contributed by atoms with Crippen LogP contribution in [0.15, 0.2) is 58.3 Å². The first-order valence-electron chi connectivity index (χ1n) is 7.58. The van der Waals surface area contributed by atoms with Crippen LogP contribution in [-0.2, 0) is 15.0 Å². The number of hydrogen-bond acceptors (Lipinski definition) is 3. The summed E-state index contributed by atoms with van der Waals surface area (Å²) in [5, 5.41) is 0.646. The molecule has 0 radical (unpaired) electrons. The van der Waals surface area contributed by atoms with Crippen LogP contribution in [0, 0.1) is 0 Å². The molecule has 0 atom stereocenters. The molecule has 1 heterocycles. The van der Waals surface area contributed by atoms with Gasteiger partial charge in [-0.25, -0.2) is 0 Å². The van der Waals surface area contributed by atoms with Gasteiger partial charge in [0.15, 0.2) is 0 Å². The number of aliphatic imine (C=N–C) groups is 1. The van der Waals surface area contributed by atoms with Gasteiger partial charge in [-0.05, 0) is 17.7 Å². The Morgan fingerprint density at radius 1 is 1.30 bits per heavy atom. The predicted octanol–water partition coefficient (Wildman–Crippen LogP) is 3.94. The Hall–Kier alpha value is -1.78. The van der Waals surface area contributed by atoms with Gasteiger partial charge in [0, 0.05) is 16.9 Å². The average Bonchev–Trinajstić information content (AvgIpc) is 2.64. The first-order valence-corrected chi connectivity index (χ1v) is 7.96. The summed E-state index contributed by atoms with van der Waals surface area (Å²) in [6, 6.07) is 10.3. The summed E-state index contributed by atoms with van der Waals surface area (Å²) in [5.41, 5.74) is 4.06. The Balaban J connectivity index is 2.10. The highest BCUT2D eigenvalue weighted by molar-refractivity contribution is 6.31. The van der Waals surface area contributed by atoms with Crippen LogP contribution >= 0.6 is 11.6 Å². The zero-order valence-corrected chi connectivity index (χ0v) is 14.6. The fourth-order valence-electron chi connectivity index (χ4n) is 2.21. The number of rotatable bonds is 4. The van der Waals surface area contributed by atoms with Crippen molar-refractivity contribution >= 4 is 17.4 Å². The van der Waals surface area contributed by atoms with E-state index in [4.69, 9.17) is 21.2 Å². The van der Waals surface area contributed by atoms with E-state index < -0.39 is 0 Å². The summed E-state index contributed by atoms with van der Waals surface area (Å²) in [5.74, 6) is 1.39. The number of nitrogens with one attached hydrogen (secondary N) is 1. The van der Waals surface area contributed by atoms with Gasteiger partial charge in [0.05, 0.1) is 20.3 Å². The first-order chi connectivity index (χ1) is 11.0. The van der Waals surface area contributed by atoms with Gasteiger partial charge in [-0.1, -0.05) is 55.8 Å². The lowest BCUT2D eigenvalue weighted by atomic mass is 9.85. The van der Waals surface area contributed by atoms with Crippen LogP contribution in [0.2, 0.25) is 0 Å². The normalized spacial score (nSPS) is 22.7. The molecule has 1 aromatic carbocycles. The number of methoxy groups -OCH3 is 1. The van der Waals surface area contributed by atoms with Crippen LogP contribution in [0.3, 0.4) is 0 Å². The van der Waals surface area contributed by atoms with E-state index in [1.165, 1.54) is 5.56 Å². The van der Waals surface area contributed by atoms with Crippen molar-refractivity contribution in [3.63, 3.8) is 0 Å². The largest absolute Gasteiger partial charge is 0.497 e. The second-order valence-electron chi connectivity index (χ2n) is 6.00. The van der Waals surface area contributed by atoms with Crippen molar-refractivity contribution in [2.24, 2.45) is 4.99 Å². The van der Waals surface area contributed by atoms with Gasteiger partial charge in [0.25, 0.3) is 0 Å². The van der Waals surface area contributed by atoms with Gasteiger partial charge in [-0.3, -0.25) is 15.3 Å². The number of nitrogens with zero attached hydrogens (tertiary/aromatic N) is 1. The minimum Gasteiger partial charge on any atom is -0.497 e. The van der Waals surface area contributed by atoms with Crippen molar-refractivity contribution in [1.82, 2.24) is 5.48 Å². The molecule has 0 bridgehead atoms. The van der Waals surface area contributed by atoms with Crippen molar-refractivity contribution < 1.29 is 9.57 Å². The van der Waals surface area contributed by atoms with E-state index in [0.717, 1.165) is 0 Å². The Morgan fingerprint density at radius 2 is 2.04 bits per heavy atom. The van der Waals surface area contributed by atoms with Gasteiger partial charge in [-0.15, -0.1) is 0 Å². The van der Waals surface area contributed by atoms with E-state index in [-0.39, 0.29) is 5.41 Å². The number of hydroxylamine groups is 1. The van der Waals surface area contributed by atoms with Crippen molar-refractivity contribution in [3.8, 4) is 0 Å². The minimum atomic E-state index is -0.0689. The van der Waals surface area contributed by atoms with E-state index in [1.54, 1.807) is 13.2 Å². The van der Waals surface area contributed by atoms with E-state index in [1.807, 2.05) is 24.3 Å². The summed E-state index contributed by atoms with van der Waals surface area (Å²) in [7, 11) is 1.61. The molecule has 1 aromatic rings. The average molecular weight is 335 g/mol. The molecule has 1 aliphatic heterocycles. The molecule has 0 saturated carbocycles. The number of allylic oxidation sites excluding steroid dienone is 1. The van der Waals surface area contributed by atoms with Crippen molar-refractivity contribution in [3.05, 3.63) is 58.8 Å². The Labute approximate surface area is 142 Å². The molecular formula is C18H23ClN2O2. The molecular weight excluding hydrogens is 312 g/mol. The van der Waals surface area contributed by atoms with Gasteiger partial charge < -0.3 is 4.74 Å². The molecule has 0 spiro atoms. The molecule has 0 fully saturated rings. The highest BCUT2D eigenvalue weighted by atomic mass is 35.5. The second kappa shape index (κ2) is 8.18. The van der Waals surface area contributed by atoms with Crippen molar-refractivity contribution in [1.29, 1.82) is 0 Å². The van der Waals surface area contributed by atoms with Gasteiger partial charge in [0.1, 0.15) is 11.6 Å². The minimum absolute atomic E-state index is 0.0689. The summed E-state index contributed by atoms with van der Waals surface area (Å²) in [6.45, 7) is 5.36. The smallest absolute Gasteiger partial charge is 0.126 e. The molecule has 4 nitrogen and oxygen atoms in total. The Morgan fingerprint density at radius 3 is 2.74 bits per heavy atom. The maximum Gasteiger partial charge on any atom is 0.126 e. The van der Waals surface area contributed by atoms with Crippen LogP contribution in [0.4, 0.5) is 0 Å².